The first-order valence-electron chi connectivity index (χ1n) is 9.64. The van der Waals surface area contributed by atoms with Crippen molar-refractivity contribution in [1.82, 2.24) is 9.80 Å². The summed E-state index contributed by atoms with van der Waals surface area (Å²) in [6.07, 6.45) is 4.47. The Labute approximate surface area is 156 Å². The van der Waals surface area contributed by atoms with E-state index in [0.717, 1.165) is 31.6 Å². The van der Waals surface area contributed by atoms with Gasteiger partial charge in [0.2, 0.25) is 11.8 Å². The predicted molar refractivity (Wildman–Crippen MR) is 99.4 cm³/mol. The predicted octanol–water partition coefficient (Wildman–Crippen LogP) is 3.07. The highest BCUT2D eigenvalue weighted by atomic mass is 16.5. The van der Waals surface area contributed by atoms with Gasteiger partial charge in [0.25, 0.3) is 0 Å². The Morgan fingerprint density at radius 1 is 1.31 bits per heavy atom. The van der Waals surface area contributed by atoms with Gasteiger partial charge in [0.15, 0.2) is 0 Å². The Hall–Kier alpha value is -1.82. The lowest BCUT2D eigenvalue weighted by Crippen LogP contribution is -2.49. The molecule has 1 aliphatic heterocycles. The van der Waals surface area contributed by atoms with Crippen molar-refractivity contribution in [2.45, 2.75) is 65.6 Å². The summed E-state index contributed by atoms with van der Waals surface area (Å²) in [4.78, 5) is 29.1. The maximum atomic E-state index is 13.0. The molecular formula is C20H32N2O4. The van der Waals surface area contributed by atoms with E-state index in [1.807, 2.05) is 39.8 Å². The number of hydrogen-bond acceptors (Lipinski definition) is 4. The van der Waals surface area contributed by atoms with Crippen LogP contribution in [0.15, 0.2) is 22.8 Å². The summed E-state index contributed by atoms with van der Waals surface area (Å²) in [6, 6.07) is 3.71. The van der Waals surface area contributed by atoms with Gasteiger partial charge in [-0.15, -0.1) is 0 Å². The fraction of sp³-hybridized carbons (Fsp3) is 0.700. The van der Waals surface area contributed by atoms with Gasteiger partial charge in [0, 0.05) is 25.1 Å². The van der Waals surface area contributed by atoms with E-state index in [-0.39, 0.29) is 36.4 Å². The van der Waals surface area contributed by atoms with Crippen molar-refractivity contribution >= 4 is 11.8 Å². The lowest BCUT2D eigenvalue weighted by Gasteiger charge is -2.32. The standard InChI is InChI=1S/C20H32N2O4/c1-5-16(4)22(20(24)15(2)3)14-19(23)21(12-17-8-6-10-25-17)13-18-9-7-11-26-18/h6,8,10,15-16,18H,5,7,9,11-14H2,1-4H3/t16-,18-/m1/s1. The van der Waals surface area contributed by atoms with Crippen molar-refractivity contribution in [3.05, 3.63) is 24.2 Å². The van der Waals surface area contributed by atoms with Gasteiger partial charge >= 0.3 is 0 Å². The highest BCUT2D eigenvalue weighted by molar-refractivity contribution is 5.86. The average Bonchev–Trinajstić information content (AvgIpc) is 3.31. The van der Waals surface area contributed by atoms with Gasteiger partial charge in [-0.25, -0.2) is 0 Å². The second-order valence-corrected chi connectivity index (χ2v) is 7.37. The van der Waals surface area contributed by atoms with Crippen LogP contribution >= 0.6 is 0 Å². The van der Waals surface area contributed by atoms with Gasteiger partial charge in [-0.3, -0.25) is 9.59 Å². The molecule has 1 aliphatic rings. The lowest BCUT2D eigenvalue weighted by atomic mass is 10.1. The largest absolute Gasteiger partial charge is 0.467 e. The number of ether oxygens (including phenoxy) is 1. The Morgan fingerprint density at radius 2 is 2.08 bits per heavy atom. The van der Waals surface area contributed by atoms with Crippen LogP contribution in [0.4, 0.5) is 0 Å². The van der Waals surface area contributed by atoms with E-state index in [1.165, 1.54) is 0 Å². The summed E-state index contributed by atoms with van der Waals surface area (Å²) in [7, 11) is 0. The van der Waals surface area contributed by atoms with E-state index in [0.29, 0.717) is 13.1 Å². The first-order chi connectivity index (χ1) is 12.4. The van der Waals surface area contributed by atoms with E-state index in [1.54, 1.807) is 16.1 Å². The molecule has 6 nitrogen and oxygen atoms in total. The molecule has 0 bridgehead atoms. The van der Waals surface area contributed by atoms with Crippen LogP contribution in [-0.4, -0.2) is 53.5 Å². The molecule has 0 aromatic carbocycles. The molecule has 2 rings (SSSR count). The molecule has 1 saturated heterocycles. The van der Waals surface area contributed by atoms with Gasteiger partial charge in [-0.1, -0.05) is 20.8 Å². The molecule has 2 atom stereocenters. The minimum atomic E-state index is -0.131. The zero-order chi connectivity index (χ0) is 19.1. The first-order valence-corrected chi connectivity index (χ1v) is 9.64. The maximum absolute atomic E-state index is 13.0. The van der Waals surface area contributed by atoms with Crippen molar-refractivity contribution in [3.63, 3.8) is 0 Å². The van der Waals surface area contributed by atoms with E-state index in [4.69, 9.17) is 9.15 Å². The van der Waals surface area contributed by atoms with E-state index < -0.39 is 0 Å². The van der Waals surface area contributed by atoms with Gasteiger partial charge < -0.3 is 19.0 Å². The molecule has 0 saturated carbocycles. The fourth-order valence-electron chi connectivity index (χ4n) is 3.13. The SMILES string of the molecule is CC[C@@H](C)N(CC(=O)N(Cc1ccco1)C[C@H]1CCCO1)C(=O)C(C)C. The van der Waals surface area contributed by atoms with Gasteiger partial charge in [0.05, 0.1) is 18.9 Å². The molecule has 146 valence electrons. The number of amides is 2. The minimum absolute atomic E-state index is 0.0164. The minimum Gasteiger partial charge on any atom is -0.467 e. The molecule has 1 aromatic rings. The highest BCUT2D eigenvalue weighted by Crippen LogP contribution is 2.17. The molecule has 2 heterocycles. The van der Waals surface area contributed by atoms with Crippen molar-refractivity contribution in [1.29, 1.82) is 0 Å². The molecule has 26 heavy (non-hydrogen) atoms. The molecule has 1 aromatic heterocycles. The molecule has 0 radical (unpaired) electrons. The van der Waals surface area contributed by atoms with Crippen LogP contribution in [0.1, 0.15) is 52.7 Å². The summed E-state index contributed by atoms with van der Waals surface area (Å²) in [5.74, 6) is 0.559. The lowest BCUT2D eigenvalue weighted by molar-refractivity contribution is -0.145. The fourth-order valence-corrected chi connectivity index (χ4v) is 3.13. The first kappa shape index (κ1) is 20.5. The average molecular weight is 364 g/mol. The van der Waals surface area contributed by atoms with E-state index >= 15 is 0 Å². The van der Waals surface area contributed by atoms with Crippen LogP contribution in [0.25, 0.3) is 0 Å². The zero-order valence-corrected chi connectivity index (χ0v) is 16.4. The molecule has 6 heteroatoms. The third-order valence-corrected chi connectivity index (χ3v) is 4.93. The number of carbonyl (C=O) groups excluding carboxylic acids is 2. The van der Waals surface area contributed by atoms with Crippen LogP contribution in [0.2, 0.25) is 0 Å². The number of nitrogens with zero attached hydrogens (tertiary/aromatic N) is 2. The number of hydrogen-bond donors (Lipinski definition) is 0. The number of furan rings is 1. The van der Waals surface area contributed by atoms with Crippen molar-refractivity contribution in [2.24, 2.45) is 5.92 Å². The Bertz CT molecular complexity index is 564. The van der Waals surface area contributed by atoms with Crippen LogP contribution in [0.5, 0.6) is 0 Å². The molecule has 0 N–H and O–H groups in total. The number of carbonyl (C=O) groups is 2. The highest BCUT2D eigenvalue weighted by Gasteiger charge is 2.28. The normalized spacial score (nSPS) is 18.1. The summed E-state index contributed by atoms with van der Waals surface area (Å²) in [6.45, 7) is 9.54. The van der Waals surface area contributed by atoms with Crippen LogP contribution in [0, 0.1) is 5.92 Å². The van der Waals surface area contributed by atoms with Crippen LogP contribution in [-0.2, 0) is 20.9 Å². The van der Waals surface area contributed by atoms with Crippen molar-refractivity contribution < 1.29 is 18.7 Å². The summed E-state index contributed by atoms with van der Waals surface area (Å²) in [5, 5.41) is 0. The molecule has 2 amide bonds. The monoisotopic (exact) mass is 364 g/mol. The summed E-state index contributed by atoms with van der Waals surface area (Å²) < 4.78 is 11.1. The molecular weight excluding hydrogens is 332 g/mol. The van der Waals surface area contributed by atoms with Gasteiger partial charge in [-0.2, -0.15) is 0 Å². The smallest absolute Gasteiger partial charge is 0.242 e. The van der Waals surface area contributed by atoms with E-state index in [2.05, 4.69) is 0 Å². The van der Waals surface area contributed by atoms with Crippen molar-refractivity contribution in [2.75, 3.05) is 19.7 Å². The molecule has 0 unspecified atom stereocenters. The quantitative estimate of drug-likeness (QED) is 0.675. The molecule has 0 spiro atoms. The maximum Gasteiger partial charge on any atom is 0.242 e. The Kier molecular flexibility index (Phi) is 7.69. The second kappa shape index (κ2) is 9.76. The van der Waals surface area contributed by atoms with Crippen LogP contribution < -0.4 is 0 Å². The molecule has 1 fully saturated rings. The van der Waals surface area contributed by atoms with Crippen molar-refractivity contribution in [3.8, 4) is 0 Å². The summed E-state index contributed by atoms with van der Waals surface area (Å²) >= 11 is 0. The molecule has 0 aliphatic carbocycles. The third kappa shape index (κ3) is 5.59. The zero-order valence-electron chi connectivity index (χ0n) is 16.4. The van der Waals surface area contributed by atoms with Gasteiger partial charge in [-0.05, 0) is 38.3 Å². The topological polar surface area (TPSA) is 63.0 Å². The van der Waals surface area contributed by atoms with Crippen LogP contribution in [0.3, 0.4) is 0 Å². The summed E-state index contributed by atoms with van der Waals surface area (Å²) in [5.41, 5.74) is 0. The third-order valence-electron chi connectivity index (χ3n) is 4.93. The second-order valence-electron chi connectivity index (χ2n) is 7.37. The van der Waals surface area contributed by atoms with Gasteiger partial charge in [0.1, 0.15) is 12.3 Å². The Morgan fingerprint density at radius 3 is 2.62 bits per heavy atom. The Balaban J connectivity index is 2.10. The van der Waals surface area contributed by atoms with E-state index in [9.17, 15) is 9.59 Å². The number of rotatable bonds is 9.